The number of rotatable bonds is 4. The molecule has 0 amide bonds. The number of likely N-dealkylation sites (N-methyl/N-ethyl adjacent to an activating group) is 2. The highest BCUT2D eigenvalue weighted by Gasteiger charge is 2.17. The molecule has 1 aliphatic heterocycles. The van der Waals surface area contributed by atoms with E-state index in [0.29, 0.717) is 0 Å². The van der Waals surface area contributed by atoms with E-state index >= 15 is 0 Å². The molecule has 0 saturated carbocycles. The highest BCUT2D eigenvalue weighted by Crippen LogP contribution is 2.08. The van der Waals surface area contributed by atoms with Gasteiger partial charge in [-0.1, -0.05) is 0 Å². The molecule has 0 spiro atoms. The van der Waals surface area contributed by atoms with Gasteiger partial charge in [0.25, 0.3) is 0 Å². The Bertz CT molecular complexity index is 136. The maximum Gasteiger partial charge on any atom is 0.0192 e. The minimum absolute atomic E-state index is 0.718. The average molecular weight is 185 g/mol. The smallest absolute Gasteiger partial charge is 0.0192 e. The van der Waals surface area contributed by atoms with Crippen LogP contribution in [0.3, 0.4) is 0 Å². The van der Waals surface area contributed by atoms with Gasteiger partial charge in [-0.25, -0.2) is 0 Å². The van der Waals surface area contributed by atoms with E-state index in [4.69, 9.17) is 0 Å². The van der Waals surface area contributed by atoms with Crippen molar-refractivity contribution >= 4 is 0 Å². The summed E-state index contributed by atoms with van der Waals surface area (Å²) in [4.78, 5) is 4.81. The number of likely N-dealkylation sites (tertiary alicyclic amines) is 1. The zero-order chi connectivity index (χ0) is 9.68. The summed E-state index contributed by atoms with van der Waals surface area (Å²) in [6, 6.07) is 0.718. The highest BCUT2D eigenvalue weighted by molar-refractivity contribution is 4.76. The molecule has 0 bridgehead atoms. The Kier molecular flexibility index (Phi) is 4.70. The van der Waals surface area contributed by atoms with Gasteiger partial charge in [-0.2, -0.15) is 0 Å². The SMILES string of the molecule is CNC1CCCN(CCN(C)C)C1. The van der Waals surface area contributed by atoms with Crippen LogP contribution in [0.25, 0.3) is 0 Å². The Morgan fingerprint density at radius 1 is 1.46 bits per heavy atom. The Morgan fingerprint density at radius 3 is 2.85 bits per heavy atom. The van der Waals surface area contributed by atoms with Crippen LogP contribution in [-0.2, 0) is 0 Å². The molecule has 3 heteroatoms. The first-order valence-corrected chi connectivity index (χ1v) is 5.26. The zero-order valence-electron chi connectivity index (χ0n) is 9.21. The summed E-state index contributed by atoms with van der Waals surface area (Å²) in [5.74, 6) is 0. The monoisotopic (exact) mass is 185 g/mol. The molecule has 3 nitrogen and oxygen atoms in total. The summed E-state index contributed by atoms with van der Waals surface area (Å²) in [5, 5.41) is 3.37. The first kappa shape index (κ1) is 11.0. The van der Waals surface area contributed by atoms with Gasteiger partial charge in [0.2, 0.25) is 0 Å². The predicted octanol–water partition coefficient (Wildman–Crippen LogP) is 0.232. The van der Waals surface area contributed by atoms with Gasteiger partial charge in [0.15, 0.2) is 0 Å². The van der Waals surface area contributed by atoms with Crippen LogP contribution in [0.5, 0.6) is 0 Å². The average Bonchev–Trinajstić information content (AvgIpc) is 2.15. The molecule has 0 aromatic rings. The van der Waals surface area contributed by atoms with Gasteiger partial charge in [0, 0.05) is 25.7 Å². The van der Waals surface area contributed by atoms with Crippen molar-refractivity contribution in [3.63, 3.8) is 0 Å². The lowest BCUT2D eigenvalue weighted by Gasteiger charge is -2.33. The van der Waals surface area contributed by atoms with Crippen LogP contribution in [0.1, 0.15) is 12.8 Å². The van der Waals surface area contributed by atoms with Crippen LogP contribution in [0.15, 0.2) is 0 Å². The minimum atomic E-state index is 0.718. The third kappa shape index (κ3) is 4.07. The molecule has 1 aliphatic rings. The summed E-state index contributed by atoms with van der Waals surface area (Å²) < 4.78 is 0. The number of hydrogen-bond donors (Lipinski definition) is 1. The first-order valence-electron chi connectivity index (χ1n) is 5.26. The number of nitrogens with one attached hydrogen (secondary N) is 1. The quantitative estimate of drug-likeness (QED) is 0.676. The second-order valence-corrected chi connectivity index (χ2v) is 4.23. The van der Waals surface area contributed by atoms with Crippen molar-refractivity contribution in [3.8, 4) is 0 Å². The third-order valence-corrected chi connectivity index (χ3v) is 2.78. The number of nitrogens with zero attached hydrogens (tertiary/aromatic N) is 2. The lowest BCUT2D eigenvalue weighted by molar-refractivity contribution is 0.180. The second kappa shape index (κ2) is 5.58. The molecule has 0 radical (unpaired) electrons. The van der Waals surface area contributed by atoms with Crippen molar-refractivity contribution in [2.75, 3.05) is 47.3 Å². The molecule has 0 aromatic carbocycles. The van der Waals surface area contributed by atoms with Crippen LogP contribution in [0, 0.1) is 0 Å². The summed E-state index contributed by atoms with van der Waals surface area (Å²) in [7, 11) is 6.35. The molecule has 13 heavy (non-hydrogen) atoms. The van der Waals surface area contributed by atoms with E-state index in [9.17, 15) is 0 Å². The van der Waals surface area contributed by atoms with E-state index in [1.165, 1.54) is 39.0 Å². The molecule has 1 saturated heterocycles. The largest absolute Gasteiger partial charge is 0.316 e. The molecule has 0 aromatic heterocycles. The van der Waals surface area contributed by atoms with E-state index in [1.54, 1.807) is 0 Å². The van der Waals surface area contributed by atoms with Crippen LogP contribution < -0.4 is 5.32 Å². The molecule has 1 fully saturated rings. The van der Waals surface area contributed by atoms with E-state index in [2.05, 4.69) is 36.3 Å². The highest BCUT2D eigenvalue weighted by atomic mass is 15.2. The van der Waals surface area contributed by atoms with Gasteiger partial charge < -0.3 is 15.1 Å². The lowest BCUT2D eigenvalue weighted by Crippen LogP contribution is -2.46. The van der Waals surface area contributed by atoms with E-state index < -0.39 is 0 Å². The maximum absolute atomic E-state index is 3.37. The van der Waals surface area contributed by atoms with Crippen molar-refractivity contribution in [2.24, 2.45) is 0 Å². The van der Waals surface area contributed by atoms with E-state index in [1.807, 2.05) is 0 Å². The third-order valence-electron chi connectivity index (χ3n) is 2.78. The first-order chi connectivity index (χ1) is 6.22. The second-order valence-electron chi connectivity index (χ2n) is 4.23. The van der Waals surface area contributed by atoms with Crippen LogP contribution in [0.2, 0.25) is 0 Å². The summed E-state index contributed by atoms with van der Waals surface area (Å²) in [6.07, 6.45) is 2.69. The normalized spacial score (nSPS) is 25.4. The van der Waals surface area contributed by atoms with Crippen molar-refractivity contribution < 1.29 is 0 Å². The standard InChI is InChI=1S/C10H23N3/c1-11-10-5-4-6-13(9-10)8-7-12(2)3/h10-11H,4-9H2,1-3H3. The fraction of sp³-hybridized carbons (Fsp3) is 1.00. The summed E-state index contributed by atoms with van der Waals surface area (Å²) >= 11 is 0. The van der Waals surface area contributed by atoms with Gasteiger partial charge in [-0.05, 0) is 40.5 Å². The molecule has 0 aliphatic carbocycles. The Balaban J connectivity index is 2.18. The number of piperidine rings is 1. The Morgan fingerprint density at radius 2 is 2.23 bits per heavy atom. The predicted molar refractivity (Wildman–Crippen MR) is 57.1 cm³/mol. The van der Waals surface area contributed by atoms with Gasteiger partial charge >= 0.3 is 0 Å². The van der Waals surface area contributed by atoms with Gasteiger partial charge in [-0.3, -0.25) is 0 Å². The van der Waals surface area contributed by atoms with Crippen molar-refractivity contribution in [2.45, 2.75) is 18.9 Å². The maximum atomic E-state index is 3.37. The van der Waals surface area contributed by atoms with Crippen LogP contribution >= 0.6 is 0 Å². The van der Waals surface area contributed by atoms with Crippen LogP contribution in [0.4, 0.5) is 0 Å². The van der Waals surface area contributed by atoms with Crippen molar-refractivity contribution in [3.05, 3.63) is 0 Å². The van der Waals surface area contributed by atoms with Crippen molar-refractivity contribution in [1.82, 2.24) is 15.1 Å². The molecule has 1 unspecified atom stereocenters. The lowest BCUT2D eigenvalue weighted by atomic mass is 10.1. The molecule has 1 atom stereocenters. The van der Waals surface area contributed by atoms with E-state index in [-0.39, 0.29) is 0 Å². The van der Waals surface area contributed by atoms with Gasteiger partial charge in [0.1, 0.15) is 0 Å². The summed E-state index contributed by atoms with van der Waals surface area (Å²) in [5.41, 5.74) is 0. The van der Waals surface area contributed by atoms with Crippen LogP contribution in [-0.4, -0.2) is 63.2 Å². The molecular weight excluding hydrogens is 162 g/mol. The molecule has 1 N–H and O–H groups in total. The fourth-order valence-electron chi connectivity index (χ4n) is 1.84. The molecular formula is C10H23N3. The van der Waals surface area contributed by atoms with Gasteiger partial charge in [0.05, 0.1) is 0 Å². The zero-order valence-corrected chi connectivity index (χ0v) is 9.21. The topological polar surface area (TPSA) is 18.5 Å². The molecule has 1 heterocycles. The number of hydrogen-bond acceptors (Lipinski definition) is 3. The Labute approximate surface area is 82.1 Å². The Hall–Kier alpha value is -0.120. The molecule has 78 valence electrons. The summed E-state index contributed by atoms with van der Waals surface area (Å²) in [6.45, 7) is 4.90. The fourth-order valence-corrected chi connectivity index (χ4v) is 1.84. The molecule has 1 rings (SSSR count). The van der Waals surface area contributed by atoms with Gasteiger partial charge in [-0.15, -0.1) is 0 Å². The van der Waals surface area contributed by atoms with E-state index in [0.717, 1.165) is 6.04 Å². The van der Waals surface area contributed by atoms with Crippen molar-refractivity contribution in [1.29, 1.82) is 0 Å². The minimum Gasteiger partial charge on any atom is -0.316 e.